The molecule has 1 atom stereocenters. The van der Waals surface area contributed by atoms with Gasteiger partial charge in [-0.1, -0.05) is 30.9 Å². The number of nitrogens with zero attached hydrogens (tertiary/aromatic N) is 1. The standard InChI is InChI=1S/C23H31ClN2O3/c1-29-20-9-6-17(24)13-19(20)22(28)26-14-16(5-10-21(27)25-18-7-8-18)23(15-26)11-3-2-4-12-23/h6,9,13,16,18H,2-5,7-8,10-12,14-15H2,1H3,(H,25,27). The van der Waals surface area contributed by atoms with E-state index in [4.69, 9.17) is 16.3 Å². The first-order chi connectivity index (χ1) is 14.0. The Morgan fingerprint density at radius 1 is 1.24 bits per heavy atom. The lowest BCUT2D eigenvalue weighted by molar-refractivity contribution is -0.121. The number of carbonyl (C=O) groups is 2. The molecule has 5 nitrogen and oxygen atoms in total. The molecule has 1 spiro atoms. The summed E-state index contributed by atoms with van der Waals surface area (Å²) in [6.45, 7) is 1.49. The fourth-order valence-electron chi connectivity index (χ4n) is 5.26. The monoisotopic (exact) mass is 418 g/mol. The number of rotatable bonds is 6. The first-order valence-corrected chi connectivity index (χ1v) is 11.3. The number of halogens is 1. The van der Waals surface area contributed by atoms with Crippen LogP contribution in [0.2, 0.25) is 5.02 Å². The molecule has 1 saturated heterocycles. The SMILES string of the molecule is COc1ccc(Cl)cc1C(=O)N1CC(CCC(=O)NC2CC2)C2(CCCCC2)C1. The Balaban J connectivity index is 1.49. The molecule has 2 saturated carbocycles. The quantitative estimate of drug-likeness (QED) is 0.743. The van der Waals surface area contributed by atoms with Gasteiger partial charge in [-0.05, 0) is 61.6 Å². The van der Waals surface area contributed by atoms with E-state index in [-0.39, 0.29) is 17.2 Å². The highest BCUT2D eigenvalue weighted by molar-refractivity contribution is 6.31. The van der Waals surface area contributed by atoms with Gasteiger partial charge in [-0.15, -0.1) is 0 Å². The summed E-state index contributed by atoms with van der Waals surface area (Å²) in [5, 5.41) is 3.64. The summed E-state index contributed by atoms with van der Waals surface area (Å²) in [7, 11) is 1.58. The van der Waals surface area contributed by atoms with Crippen molar-refractivity contribution >= 4 is 23.4 Å². The number of methoxy groups -OCH3 is 1. The Bertz CT molecular complexity index is 771. The van der Waals surface area contributed by atoms with Gasteiger partial charge < -0.3 is 15.0 Å². The van der Waals surface area contributed by atoms with Crippen molar-refractivity contribution in [2.75, 3.05) is 20.2 Å². The summed E-state index contributed by atoms with van der Waals surface area (Å²) in [5.74, 6) is 1.09. The molecule has 158 valence electrons. The Hall–Kier alpha value is -1.75. The van der Waals surface area contributed by atoms with Gasteiger partial charge in [-0.2, -0.15) is 0 Å². The van der Waals surface area contributed by atoms with Crippen molar-refractivity contribution < 1.29 is 14.3 Å². The van der Waals surface area contributed by atoms with Gasteiger partial charge in [0.15, 0.2) is 0 Å². The minimum absolute atomic E-state index is 0.0146. The molecule has 1 aliphatic heterocycles. The van der Waals surface area contributed by atoms with Crippen LogP contribution in [-0.2, 0) is 4.79 Å². The van der Waals surface area contributed by atoms with Crippen molar-refractivity contribution in [2.24, 2.45) is 11.3 Å². The molecule has 4 rings (SSSR count). The zero-order chi connectivity index (χ0) is 20.4. The van der Waals surface area contributed by atoms with Crippen molar-refractivity contribution in [1.29, 1.82) is 0 Å². The largest absolute Gasteiger partial charge is 0.496 e. The number of nitrogens with one attached hydrogen (secondary N) is 1. The number of hydrogen-bond donors (Lipinski definition) is 1. The lowest BCUT2D eigenvalue weighted by Gasteiger charge is -2.38. The number of carbonyl (C=O) groups excluding carboxylic acids is 2. The minimum Gasteiger partial charge on any atom is -0.496 e. The van der Waals surface area contributed by atoms with E-state index in [1.807, 2.05) is 4.90 Å². The van der Waals surface area contributed by atoms with Crippen molar-refractivity contribution in [3.05, 3.63) is 28.8 Å². The molecule has 2 aliphatic carbocycles. The Labute approximate surface area is 178 Å². The average molecular weight is 419 g/mol. The second-order valence-corrected chi connectivity index (χ2v) is 9.47. The topological polar surface area (TPSA) is 58.6 Å². The maximum absolute atomic E-state index is 13.4. The van der Waals surface area contributed by atoms with Gasteiger partial charge in [0.05, 0.1) is 12.7 Å². The number of ether oxygens (including phenoxy) is 1. The second-order valence-electron chi connectivity index (χ2n) is 9.03. The molecule has 3 aliphatic rings. The van der Waals surface area contributed by atoms with Gasteiger partial charge in [0.2, 0.25) is 5.91 Å². The van der Waals surface area contributed by atoms with Gasteiger partial charge in [-0.25, -0.2) is 0 Å². The summed E-state index contributed by atoms with van der Waals surface area (Å²) in [6.07, 6.45) is 9.65. The van der Waals surface area contributed by atoms with Crippen LogP contribution in [0.15, 0.2) is 18.2 Å². The summed E-state index contributed by atoms with van der Waals surface area (Å²) in [5.41, 5.74) is 0.678. The fraction of sp³-hybridized carbons (Fsp3) is 0.652. The summed E-state index contributed by atoms with van der Waals surface area (Å²) in [4.78, 5) is 27.6. The predicted octanol–water partition coefficient (Wildman–Crippen LogP) is 4.43. The molecule has 0 bridgehead atoms. The molecule has 0 radical (unpaired) electrons. The fourth-order valence-corrected chi connectivity index (χ4v) is 5.43. The van der Waals surface area contributed by atoms with Gasteiger partial charge in [0, 0.05) is 30.6 Å². The van der Waals surface area contributed by atoms with Crippen LogP contribution in [0.5, 0.6) is 5.75 Å². The van der Waals surface area contributed by atoms with Gasteiger partial charge >= 0.3 is 0 Å². The third-order valence-corrected chi connectivity index (χ3v) is 7.24. The molecule has 2 amide bonds. The molecule has 1 heterocycles. The molecular formula is C23H31ClN2O3. The lowest BCUT2D eigenvalue weighted by Crippen LogP contribution is -2.35. The third kappa shape index (κ3) is 4.55. The smallest absolute Gasteiger partial charge is 0.257 e. The molecule has 29 heavy (non-hydrogen) atoms. The average Bonchev–Trinajstić information content (AvgIpc) is 3.47. The van der Waals surface area contributed by atoms with Crippen LogP contribution in [0.25, 0.3) is 0 Å². The van der Waals surface area contributed by atoms with E-state index in [0.717, 1.165) is 38.6 Å². The van der Waals surface area contributed by atoms with Crippen molar-refractivity contribution in [3.63, 3.8) is 0 Å². The van der Waals surface area contributed by atoms with E-state index in [2.05, 4.69) is 5.32 Å². The number of hydrogen-bond acceptors (Lipinski definition) is 3. The number of likely N-dealkylation sites (tertiary alicyclic amines) is 1. The first-order valence-electron chi connectivity index (χ1n) is 10.9. The van der Waals surface area contributed by atoms with Crippen LogP contribution in [0.3, 0.4) is 0 Å². The van der Waals surface area contributed by atoms with Crippen LogP contribution in [0.1, 0.15) is 68.1 Å². The van der Waals surface area contributed by atoms with E-state index < -0.39 is 0 Å². The normalized spacial score (nSPS) is 23.2. The molecule has 3 fully saturated rings. The molecule has 1 aromatic carbocycles. The highest BCUT2D eigenvalue weighted by atomic mass is 35.5. The van der Waals surface area contributed by atoms with E-state index >= 15 is 0 Å². The third-order valence-electron chi connectivity index (χ3n) is 7.00. The Morgan fingerprint density at radius 2 is 2.00 bits per heavy atom. The second kappa shape index (κ2) is 8.55. The van der Waals surface area contributed by atoms with Gasteiger partial charge in [0.25, 0.3) is 5.91 Å². The van der Waals surface area contributed by atoms with Crippen LogP contribution < -0.4 is 10.1 Å². The number of amides is 2. The highest BCUT2D eigenvalue weighted by Crippen LogP contribution is 2.49. The summed E-state index contributed by atoms with van der Waals surface area (Å²) in [6, 6.07) is 5.60. The van der Waals surface area contributed by atoms with E-state index in [1.165, 1.54) is 19.3 Å². The van der Waals surface area contributed by atoms with Crippen molar-refractivity contribution in [3.8, 4) is 5.75 Å². The lowest BCUT2D eigenvalue weighted by atomic mass is 9.66. The molecule has 1 unspecified atom stereocenters. The predicted molar refractivity (Wildman–Crippen MR) is 113 cm³/mol. The summed E-state index contributed by atoms with van der Waals surface area (Å²) < 4.78 is 5.41. The van der Waals surface area contributed by atoms with Gasteiger partial charge in [-0.3, -0.25) is 9.59 Å². The van der Waals surface area contributed by atoms with Crippen LogP contribution in [-0.4, -0.2) is 43.0 Å². The minimum atomic E-state index is -0.0146. The first kappa shape index (κ1) is 20.5. The maximum atomic E-state index is 13.4. The molecule has 1 aromatic rings. The van der Waals surface area contributed by atoms with E-state index in [9.17, 15) is 9.59 Å². The summed E-state index contributed by atoms with van der Waals surface area (Å²) >= 11 is 6.16. The highest BCUT2D eigenvalue weighted by Gasteiger charge is 2.48. The van der Waals surface area contributed by atoms with Crippen LogP contribution >= 0.6 is 11.6 Å². The molecule has 0 aromatic heterocycles. The Kier molecular flexibility index (Phi) is 6.05. The van der Waals surface area contributed by atoms with Crippen molar-refractivity contribution in [1.82, 2.24) is 10.2 Å². The number of benzene rings is 1. The van der Waals surface area contributed by atoms with Crippen LogP contribution in [0, 0.1) is 11.3 Å². The molecule has 1 N–H and O–H groups in total. The van der Waals surface area contributed by atoms with Crippen LogP contribution in [0.4, 0.5) is 0 Å². The van der Waals surface area contributed by atoms with E-state index in [1.54, 1.807) is 25.3 Å². The Morgan fingerprint density at radius 3 is 2.69 bits per heavy atom. The van der Waals surface area contributed by atoms with E-state index in [0.29, 0.717) is 41.3 Å². The maximum Gasteiger partial charge on any atom is 0.257 e. The molecule has 6 heteroatoms. The van der Waals surface area contributed by atoms with Crippen molar-refractivity contribution in [2.45, 2.75) is 63.8 Å². The zero-order valence-corrected chi connectivity index (χ0v) is 18.0. The molecular weight excluding hydrogens is 388 g/mol. The zero-order valence-electron chi connectivity index (χ0n) is 17.2. The van der Waals surface area contributed by atoms with Gasteiger partial charge in [0.1, 0.15) is 5.75 Å².